The molecular formula is C16H13ClF3NO2. The predicted molar refractivity (Wildman–Crippen MR) is 80.4 cm³/mol. The van der Waals surface area contributed by atoms with Gasteiger partial charge in [-0.3, -0.25) is 4.98 Å². The topological polar surface area (TPSA) is 39.2 Å². The van der Waals surface area contributed by atoms with Crippen LogP contribution in [0.4, 0.5) is 13.2 Å². The lowest BCUT2D eigenvalue weighted by molar-refractivity contribution is -0.138. The van der Waals surface area contributed by atoms with Gasteiger partial charge < -0.3 is 4.74 Å². The molecule has 0 saturated carbocycles. The molecule has 3 nitrogen and oxygen atoms in total. The Balaban J connectivity index is 2.63. The number of carbonyl (C=O) groups excluding carboxylic acids is 1. The third-order valence-corrected chi connectivity index (χ3v) is 3.38. The number of hydrogen-bond donors (Lipinski definition) is 0. The summed E-state index contributed by atoms with van der Waals surface area (Å²) in [6.07, 6.45) is -4.70. The van der Waals surface area contributed by atoms with Crippen molar-refractivity contribution >= 4 is 17.6 Å². The van der Waals surface area contributed by atoms with Crippen LogP contribution in [0.1, 0.15) is 28.5 Å². The van der Waals surface area contributed by atoms with E-state index in [2.05, 4.69) is 4.98 Å². The van der Waals surface area contributed by atoms with E-state index in [1.165, 1.54) is 13.8 Å². The number of benzene rings is 1. The second kappa shape index (κ2) is 6.58. The smallest absolute Gasteiger partial charge is 0.417 e. The van der Waals surface area contributed by atoms with Crippen LogP contribution in [0.2, 0.25) is 5.02 Å². The van der Waals surface area contributed by atoms with Gasteiger partial charge in [-0.05, 0) is 32.0 Å². The van der Waals surface area contributed by atoms with Crippen molar-refractivity contribution in [2.45, 2.75) is 20.0 Å². The van der Waals surface area contributed by atoms with E-state index in [1.807, 2.05) is 0 Å². The number of ether oxygens (including phenoxy) is 1. The molecule has 2 aromatic rings. The molecule has 0 N–H and O–H groups in total. The molecule has 0 spiro atoms. The van der Waals surface area contributed by atoms with E-state index in [0.29, 0.717) is 10.6 Å². The minimum Gasteiger partial charge on any atom is -0.462 e. The molecule has 0 amide bonds. The molecule has 7 heteroatoms. The Morgan fingerprint density at radius 3 is 2.39 bits per heavy atom. The molecule has 1 aromatic carbocycles. The van der Waals surface area contributed by atoms with Crippen molar-refractivity contribution in [3.63, 3.8) is 0 Å². The van der Waals surface area contributed by atoms with Gasteiger partial charge in [0.05, 0.1) is 29.1 Å². The molecule has 0 fully saturated rings. The summed E-state index contributed by atoms with van der Waals surface area (Å²) < 4.78 is 44.7. The molecule has 0 bridgehead atoms. The second-order valence-corrected chi connectivity index (χ2v) is 5.18. The van der Waals surface area contributed by atoms with Gasteiger partial charge in [0.15, 0.2) is 0 Å². The fraction of sp³-hybridized carbons (Fsp3) is 0.250. The third-order valence-electron chi connectivity index (χ3n) is 3.13. The number of esters is 1. The summed E-state index contributed by atoms with van der Waals surface area (Å²) in [6.45, 7) is 2.85. The van der Waals surface area contributed by atoms with Gasteiger partial charge in [0.25, 0.3) is 0 Å². The summed E-state index contributed by atoms with van der Waals surface area (Å²) in [5.74, 6) is -1.03. The van der Waals surface area contributed by atoms with Crippen LogP contribution in [0.5, 0.6) is 0 Å². The lowest BCUT2D eigenvalue weighted by atomic mass is 10.0. The van der Waals surface area contributed by atoms with Gasteiger partial charge in [-0.15, -0.1) is 0 Å². The van der Waals surface area contributed by atoms with Crippen LogP contribution in [0, 0.1) is 6.92 Å². The number of hydrogen-bond acceptors (Lipinski definition) is 3. The Labute approximate surface area is 136 Å². The van der Waals surface area contributed by atoms with E-state index in [4.69, 9.17) is 16.3 Å². The van der Waals surface area contributed by atoms with Crippen LogP contribution >= 0.6 is 11.6 Å². The first-order valence-corrected chi connectivity index (χ1v) is 7.13. The largest absolute Gasteiger partial charge is 0.462 e. The summed E-state index contributed by atoms with van der Waals surface area (Å²) in [4.78, 5) is 16.0. The molecule has 0 radical (unpaired) electrons. The molecule has 0 aliphatic heterocycles. The molecular weight excluding hydrogens is 331 g/mol. The van der Waals surface area contributed by atoms with E-state index in [-0.39, 0.29) is 18.0 Å². The highest BCUT2D eigenvalue weighted by molar-refractivity contribution is 6.30. The van der Waals surface area contributed by atoms with Gasteiger partial charge in [-0.2, -0.15) is 13.2 Å². The SMILES string of the molecule is CCOC(=O)c1c(C(F)(F)F)cc(-c2ccc(Cl)cc2)nc1C. The van der Waals surface area contributed by atoms with Crippen molar-refractivity contribution in [3.8, 4) is 11.3 Å². The minimum atomic E-state index is -4.70. The first-order chi connectivity index (χ1) is 10.7. The van der Waals surface area contributed by atoms with E-state index >= 15 is 0 Å². The number of halogens is 4. The normalized spacial score (nSPS) is 11.4. The molecule has 0 unspecified atom stereocenters. The van der Waals surface area contributed by atoms with Gasteiger partial charge in [0.1, 0.15) is 0 Å². The quantitative estimate of drug-likeness (QED) is 0.744. The zero-order valence-electron chi connectivity index (χ0n) is 12.4. The fourth-order valence-electron chi connectivity index (χ4n) is 2.13. The number of carbonyl (C=O) groups is 1. The lowest BCUT2D eigenvalue weighted by Crippen LogP contribution is -2.18. The molecule has 0 aliphatic carbocycles. The van der Waals surface area contributed by atoms with Crippen LogP contribution in [0.3, 0.4) is 0 Å². The highest BCUT2D eigenvalue weighted by atomic mass is 35.5. The summed E-state index contributed by atoms with van der Waals surface area (Å²) >= 11 is 5.77. The van der Waals surface area contributed by atoms with Gasteiger partial charge in [0, 0.05) is 10.6 Å². The number of pyridine rings is 1. The van der Waals surface area contributed by atoms with Crippen LogP contribution in [0.25, 0.3) is 11.3 Å². The average molecular weight is 344 g/mol. The number of nitrogens with zero attached hydrogens (tertiary/aromatic N) is 1. The van der Waals surface area contributed by atoms with Gasteiger partial charge >= 0.3 is 12.1 Å². The molecule has 23 heavy (non-hydrogen) atoms. The summed E-state index contributed by atoms with van der Waals surface area (Å²) in [6, 6.07) is 7.09. The number of alkyl halides is 3. The molecule has 0 atom stereocenters. The fourth-order valence-corrected chi connectivity index (χ4v) is 2.25. The second-order valence-electron chi connectivity index (χ2n) is 4.74. The van der Waals surface area contributed by atoms with Crippen molar-refractivity contribution < 1.29 is 22.7 Å². The highest BCUT2D eigenvalue weighted by Crippen LogP contribution is 2.36. The minimum absolute atomic E-state index is 0.0193. The number of aromatic nitrogens is 1. The van der Waals surface area contributed by atoms with Crippen molar-refractivity contribution in [1.29, 1.82) is 0 Å². The Hall–Kier alpha value is -2.08. The Morgan fingerprint density at radius 2 is 1.87 bits per heavy atom. The van der Waals surface area contributed by atoms with Crippen molar-refractivity contribution in [2.24, 2.45) is 0 Å². The standard InChI is InChI=1S/C16H13ClF3NO2/c1-3-23-15(22)14-9(2)21-13(8-12(14)16(18,19)20)10-4-6-11(17)7-5-10/h4-8H,3H2,1-2H3. The molecule has 1 aromatic heterocycles. The van der Waals surface area contributed by atoms with Crippen molar-refractivity contribution in [1.82, 2.24) is 4.98 Å². The molecule has 0 saturated heterocycles. The molecule has 0 aliphatic rings. The molecule has 2 rings (SSSR count). The highest BCUT2D eigenvalue weighted by Gasteiger charge is 2.37. The Kier molecular flexibility index (Phi) is 4.94. The zero-order valence-corrected chi connectivity index (χ0v) is 13.1. The Bertz CT molecular complexity index is 727. The Morgan fingerprint density at radius 1 is 1.26 bits per heavy atom. The van der Waals surface area contributed by atoms with Gasteiger partial charge in [0.2, 0.25) is 0 Å². The monoisotopic (exact) mass is 343 g/mol. The summed E-state index contributed by atoms with van der Waals surface area (Å²) in [5, 5.41) is 0.463. The zero-order chi connectivity index (χ0) is 17.2. The van der Waals surface area contributed by atoms with E-state index < -0.39 is 23.3 Å². The van der Waals surface area contributed by atoms with Crippen molar-refractivity contribution in [3.05, 3.63) is 52.2 Å². The maximum absolute atomic E-state index is 13.3. The maximum atomic E-state index is 13.3. The number of rotatable bonds is 3. The molecule has 122 valence electrons. The van der Waals surface area contributed by atoms with E-state index in [1.54, 1.807) is 24.3 Å². The number of aryl methyl sites for hydroxylation is 1. The predicted octanol–water partition coefficient (Wildman–Crippen LogP) is 4.91. The van der Waals surface area contributed by atoms with Crippen LogP contribution < -0.4 is 0 Å². The maximum Gasteiger partial charge on any atom is 0.417 e. The average Bonchev–Trinajstić information content (AvgIpc) is 2.46. The van der Waals surface area contributed by atoms with Gasteiger partial charge in [-0.1, -0.05) is 23.7 Å². The summed E-state index contributed by atoms with van der Waals surface area (Å²) in [5.41, 5.74) is -1.08. The van der Waals surface area contributed by atoms with Crippen LogP contribution in [0.15, 0.2) is 30.3 Å². The van der Waals surface area contributed by atoms with E-state index in [0.717, 1.165) is 6.07 Å². The third kappa shape index (κ3) is 3.82. The van der Waals surface area contributed by atoms with Crippen LogP contribution in [-0.2, 0) is 10.9 Å². The van der Waals surface area contributed by atoms with Crippen molar-refractivity contribution in [2.75, 3.05) is 6.61 Å². The van der Waals surface area contributed by atoms with Crippen LogP contribution in [-0.4, -0.2) is 17.6 Å². The van der Waals surface area contributed by atoms with E-state index in [9.17, 15) is 18.0 Å². The first-order valence-electron chi connectivity index (χ1n) is 6.76. The summed E-state index contributed by atoms with van der Waals surface area (Å²) in [7, 11) is 0. The molecule has 1 heterocycles. The lowest BCUT2D eigenvalue weighted by Gasteiger charge is -2.15. The first kappa shape index (κ1) is 17.3. The van der Waals surface area contributed by atoms with Gasteiger partial charge in [-0.25, -0.2) is 4.79 Å².